The highest BCUT2D eigenvalue weighted by molar-refractivity contribution is 8.00. The van der Waals surface area contributed by atoms with Gasteiger partial charge in [0.15, 0.2) is 0 Å². The average Bonchev–Trinajstić information content (AvgIpc) is 3.03. The summed E-state index contributed by atoms with van der Waals surface area (Å²) in [5.41, 5.74) is 1.15. The third-order valence-corrected chi connectivity index (χ3v) is 5.85. The number of esters is 1. The standard InChI is InChI=1S/C21H31NO3S/c1-4-5-13-25-21(24)18-15-26-20(14-16(2)3)22(18)19(23)12-11-17-9-7-6-8-10-17/h6-10,16,18,20H,4-5,11-15H2,1-3H3. The molecular weight excluding hydrogens is 346 g/mol. The molecule has 1 amide bonds. The molecule has 144 valence electrons. The van der Waals surface area contributed by atoms with E-state index >= 15 is 0 Å². The second kappa shape index (κ2) is 10.6. The number of hydrogen-bond acceptors (Lipinski definition) is 4. The number of nitrogens with zero attached hydrogens (tertiary/aromatic N) is 1. The van der Waals surface area contributed by atoms with Crippen LogP contribution in [0.25, 0.3) is 0 Å². The number of ether oxygens (including phenoxy) is 1. The molecule has 4 nitrogen and oxygen atoms in total. The normalized spacial score (nSPS) is 19.8. The number of rotatable bonds is 9. The molecule has 0 aromatic heterocycles. The van der Waals surface area contributed by atoms with E-state index in [1.807, 2.05) is 35.2 Å². The van der Waals surface area contributed by atoms with E-state index in [-0.39, 0.29) is 17.3 Å². The number of amides is 1. The summed E-state index contributed by atoms with van der Waals surface area (Å²) in [6, 6.07) is 9.58. The van der Waals surface area contributed by atoms with Gasteiger partial charge in [-0.1, -0.05) is 57.5 Å². The number of thioether (sulfide) groups is 1. The van der Waals surface area contributed by atoms with Gasteiger partial charge in [0.05, 0.1) is 12.0 Å². The van der Waals surface area contributed by atoms with Crippen molar-refractivity contribution in [2.75, 3.05) is 12.4 Å². The van der Waals surface area contributed by atoms with E-state index in [0.717, 1.165) is 24.8 Å². The summed E-state index contributed by atoms with van der Waals surface area (Å²) in [4.78, 5) is 27.3. The molecule has 2 rings (SSSR count). The van der Waals surface area contributed by atoms with Crippen molar-refractivity contribution in [2.24, 2.45) is 5.92 Å². The molecule has 1 fully saturated rings. The van der Waals surface area contributed by atoms with Gasteiger partial charge in [0, 0.05) is 12.2 Å². The quantitative estimate of drug-likeness (QED) is 0.476. The van der Waals surface area contributed by atoms with Crippen molar-refractivity contribution < 1.29 is 14.3 Å². The topological polar surface area (TPSA) is 46.6 Å². The number of unbranched alkanes of at least 4 members (excludes halogenated alkanes) is 1. The van der Waals surface area contributed by atoms with Crippen LogP contribution in [0.1, 0.15) is 52.0 Å². The third kappa shape index (κ3) is 6.04. The van der Waals surface area contributed by atoms with Crippen LogP contribution in [0.15, 0.2) is 30.3 Å². The van der Waals surface area contributed by atoms with Crippen molar-refractivity contribution in [1.29, 1.82) is 0 Å². The number of aryl methyl sites for hydroxylation is 1. The van der Waals surface area contributed by atoms with Crippen molar-refractivity contribution in [1.82, 2.24) is 4.90 Å². The van der Waals surface area contributed by atoms with Gasteiger partial charge in [0.25, 0.3) is 0 Å². The number of carbonyl (C=O) groups excluding carboxylic acids is 2. The first kappa shape index (κ1) is 20.8. The Labute approximate surface area is 161 Å². The minimum absolute atomic E-state index is 0.0574. The molecule has 2 atom stereocenters. The van der Waals surface area contributed by atoms with Crippen molar-refractivity contribution in [2.45, 2.75) is 64.3 Å². The number of carbonyl (C=O) groups is 2. The van der Waals surface area contributed by atoms with Crippen LogP contribution in [0.4, 0.5) is 0 Å². The van der Waals surface area contributed by atoms with Crippen molar-refractivity contribution in [3.05, 3.63) is 35.9 Å². The van der Waals surface area contributed by atoms with Crippen LogP contribution in [0.5, 0.6) is 0 Å². The molecular formula is C21H31NO3S. The Morgan fingerprint density at radius 1 is 1.27 bits per heavy atom. The number of hydrogen-bond donors (Lipinski definition) is 0. The maximum atomic E-state index is 13.0. The van der Waals surface area contributed by atoms with Crippen LogP contribution in [0.2, 0.25) is 0 Å². The predicted molar refractivity (Wildman–Crippen MR) is 107 cm³/mol. The molecule has 1 aliphatic rings. The second-order valence-electron chi connectivity index (χ2n) is 7.24. The predicted octanol–water partition coefficient (Wildman–Crippen LogP) is 4.28. The molecule has 0 spiro atoms. The van der Waals surface area contributed by atoms with Crippen molar-refractivity contribution in [3.8, 4) is 0 Å². The monoisotopic (exact) mass is 377 g/mol. The van der Waals surface area contributed by atoms with Crippen LogP contribution in [-0.2, 0) is 20.7 Å². The Morgan fingerprint density at radius 3 is 2.65 bits per heavy atom. The average molecular weight is 378 g/mol. The van der Waals surface area contributed by atoms with Crippen LogP contribution < -0.4 is 0 Å². The van der Waals surface area contributed by atoms with E-state index in [1.54, 1.807) is 11.8 Å². The molecule has 1 heterocycles. The van der Waals surface area contributed by atoms with E-state index in [4.69, 9.17) is 4.74 Å². The summed E-state index contributed by atoms with van der Waals surface area (Å²) in [6.45, 7) is 6.81. The van der Waals surface area contributed by atoms with Crippen LogP contribution in [-0.4, -0.2) is 40.6 Å². The van der Waals surface area contributed by atoms with Crippen LogP contribution in [0, 0.1) is 5.92 Å². The zero-order chi connectivity index (χ0) is 18.9. The number of benzene rings is 1. The highest BCUT2D eigenvalue weighted by Crippen LogP contribution is 2.34. The first-order valence-corrected chi connectivity index (χ1v) is 10.7. The Bertz CT molecular complexity index is 576. The van der Waals surface area contributed by atoms with Gasteiger partial charge in [-0.15, -0.1) is 11.8 Å². The molecule has 0 aliphatic carbocycles. The lowest BCUT2D eigenvalue weighted by atomic mass is 10.1. The van der Waals surface area contributed by atoms with Gasteiger partial charge in [-0.25, -0.2) is 4.79 Å². The van der Waals surface area contributed by atoms with E-state index in [2.05, 4.69) is 20.8 Å². The third-order valence-electron chi connectivity index (χ3n) is 4.54. The highest BCUT2D eigenvalue weighted by Gasteiger charge is 2.42. The molecule has 2 unspecified atom stereocenters. The van der Waals surface area contributed by atoms with E-state index < -0.39 is 6.04 Å². The minimum Gasteiger partial charge on any atom is -0.464 e. The fourth-order valence-corrected chi connectivity index (χ4v) is 4.75. The van der Waals surface area contributed by atoms with E-state index in [9.17, 15) is 9.59 Å². The molecule has 1 aromatic rings. The largest absolute Gasteiger partial charge is 0.464 e. The van der Waals surface area contributed by atoms with Gasteiger partial charge < -0.3 is 9.64 Å². The van der Waals surface area contributed by atoms with Crippen molar-refractivity contribution in [3.63, 3.8) is 0 Å². The maximum absolute atomic E-state index is 13.0. The van der Waals surface area contributed by atoms with Gasteiger partial charge in [-0.3, -0.25) is 4.79 Å². The molecule has 1 aliphatic heterocycles. The lowest BCUT2D eigenvalue weighted by molar-refractivity contribution is -0.154. The molecule has 0 N–H and O–H groups in total. The molecule has 1 aromatic carbocycles. The van der Waals surface area contributed by atoms with Crippen LogP contribution in [0.3, 0.4) is 0 Å². The summed E-state index contributed by atoms with van der Waals surface area (Å²) in [6.07, 6.45) is 3.89. The maximum Gasteiger partial charge on any atom is 0.329 e. The Balaban J connectivity index is 2.02. The first-order chi connectivity index (χ1) is 12.5. The first-order valence-electron chi connectivity index (χ1n) is 9.66. The lowest BCUT2D eigenvalue weighted by Crippen LogP contribution is -2.46. The Kier molecular flexibility index (Phi) is 8.49. The molecule has 0 radical (unpaired) electrons. The summed E-state index contributed by atoms with van der Waals surface area (Å²) in [7, 11) is 0. The summed E-state index contributed by atoms with van der Waals surface area (Å²) in [5, 5.41) is 0.0713. The van der Waals surface area contributed by atoms with Gasteiger partial charge in [0.1, 0.15) is 6.04 Å². The SMILES string of the molecule is CCCCOC(=O)C1CSC(CC(C)C)N1C(=O)CCc1ccccc1. The van der Waals surface area contributed by atoms with Gasteiger partial charge >= 0.3 is 5.97 Å². The zero-order valence-electron chi connectivity index (χ0n) is 16.1. The summed E-state index contributed by atoms with van der Waals surface area (Å²) < 4.78 is 5.42. The van der Waals surface area contributed by atoms with Gasteiger partial charge in [0.2, 0.25) is 5.91 Å². The van der Waals surface area contributed by atoms with Crippen molar-refractivity contribution >= 4 is 23.6 Å². The fraction of sp³-hybridized carbons (Fsp3) is 0.619. The van der Waals surface area contributed by atoms with Gasteiger partial charge in [-0.05, 0) is 30.7 Å². The summed E-state index contributed by atoms with van der Waals surface area (Å²) in [5.74, 6) is 0.929. The molecule has 0 saturated carbocycles. The zero-order valence-corrected chi connectivity index (χ0v) is 17.0. The molecule has 26 heavy (non-hydrogen) atoms. The lowest BCUT2D eigenvalue weighted by Gasteiger charge is -2.29. The van der Waals surface area contributed by atoms with Crippen LogP contribution >= 0.6 is 11.8 Å². The highest BCUT2D eigenvalue weighted by atomic mass is 32.2. The second-order valence-corrected chi connectivity index (χ2v) is 8.45. The van der Waals surface area contributed by atoms with E-state index in [0.29, 0.717) is 31.1 Å². The fourth-order valence-electron chi connectivity index (χ4n) is 3.10. The Hall–Kier alpha value is -1.49. The minimum atomic E-state index is -0.441. The van der Waals surface area contributed by atoms with E-state index in [1.165, 1.54) is 0 Å². The van der Waals surface area contributed by atoms with Gasteiger partial charge in [-0.2, -0.15) is 0 Å². The summed E-state index contributed by atoms with van der Waals surface area (Å²) >= 11 is 1.71. The molecule has 1 saturated heterocycles. The Morgan fingerprint density at radius 2 is 2.00 bits per heavy atom. The smallest absolute Gasteiger partial charge is 0.329 e. The molecule has 0 bridgehead atoms. The molecule has 5 heteroatoms.